The molecule has 0 aliphatic carbocycles. The minimum Gasteiger partial charge on any atom is -0.474 e. The number of rotatable bonds is 6. The SMILES string of the molecule is CC(C)NCCCOc1ncc[nH]c1=O. The van der Waals surface area contributed by atoms with Crippen LogP contribution < -0.4 is 15.6 Å². The molecule has 0 saturated heterocycles. The average Bonchev–Trinajstić information content (AvgIpc) is 2.20. The van der Waals surface area contributed by atoms with Crippen molar-refractivity contribution in [2.24, 2.45) is 0 Å². The van der Waals surface area contributed by atoms with E-state index in [9.17, 15) is 4.79 Å². The van der Waals surface area contributed by atoms with Crippen LogP contribution in [0.5, 0.6) is 5.88 Å². The Hall–Kier alpha value is -1.36. The predicted molar refractivity (Wildman–Crippen MR) is 58.1 cm³/mol. The van der Waals surface area contributed by atoms with Crippen LogP contribution in [0.4, 0.5) is 0 Å². The van der Waals surface area contributed by atoms with Gasteiger partial charge in [-0.3, -0.25) is 4.79 Å². The van der Waals surface area contributed by atoms with Crippen molar-refractivity contribution in [2.45, 2.75) is 26.3 Å². The standard InChI is InChI=1S/C10H17N3O2/c1-8(2)11-4-3-7-15-10-9(14)12-5-6-13-10/h5-6,8,11H,3-4,7H2,1-2H3,(H,12,14). The highest BCUT2D eigenvalue weighted by atomic mass is 16.5. The van der Waals surface area contributed by atoms with Gasteiger partial charge in [0.05, 0.1) is 6.61 Å². The van der Waals surface area contributed by atoms with Crippen LogP contribution in [0, 0.1) is 0 Å². The number of H-pyrrole nitrogens is 1. The van der Waals surface area contributed by atoms with Crippen LogP contribution >= 0.6 is 0 Å². The minimum absolute atomic E-state index is 0.141. The summed E-state index contributed by atoms with van der Waals surface area (Å²) >= 11 is 0. The average molecular weight is 211 g/mol. The van der Waals surface area contributed by atoms with Gasteiger partial charge in [0, 0.05) is 18.4 Å². The van der Waals surface area contributed by atoms with Gasteiger partial charge < -0.3 is 15.0 Å². The Labute approximate surface area is 88.9 Å². The lowest BCUT2D eigenvalue weighted by Gasteiger charge is -2.07. The van der Waals surface area contributed by atoms with Crippen LogP contribution in [0.2, 0.25) is 0 Å². The summed E-state index contributed by atoms with van der Waals surface area (Å²) in [6.45, 7) is 5.55. The summed E-state index contributed by atoms with van der Waals surface area (Å²) in [6, 6.07) is 0.475. The Morgan fingerprint density at radius 2 is 2.40 bits per heavy atom. The van der Waals surface area contributed by atoms with Crippen molar-refractivity contribution in [1.82, 2.24) is 15.3 Å². The van der Waals surface area contributed by atoms with Crippen molar-refractivity contribution in [3.05, 3.63) is 22.7 Å². The minimum atomic E-state index is -0.283. The second kappa shape index (κ2) is 6.19. The topological polar surface area (TPSA) is 67.0 Å². The molecule has 0 aromatic carbocycles. The van der Waals surface area contributed by atoms with Crippen LogP contribution in [0.25, 0.3) is 0 Å². The summed E-state index contributed by atoms with van der Waals surface area (Å²) in [6.07, 6.45) is 3.84. The lowest BCUT2D eigenvalue weighted by molar-refractivity contribution is 0.290. The van der Waals surface area contributed by atoms with Crippen LogP contribution in [0.15, 0.2) is 17.2 Å². The first-order valence-corrected chi connectivity index (χ1v) is 5.10. The molecule has 1 heterocycles. The van der Waals surface area contributed by atoms with Gasteiger partial charge in [0.2, 0.25) is 0 Å². The Morgan fingerprint density at radius 3 is 3.07 bits per heavy atom. The molecule has 0 aliphatic rings. The van der Waals surface area contributed by atoms with Crippen molar-refractivity contribution in [1.29, 1.82) is 0 Å². The second-order valence-electron chi connectivity index (χ2n) is 3.53. The van der Waals surface area contributed by atoms with E-state index in [2.05, 4.69) is 29.1 Å². The highest BCUT2D eigenvalue weighted by Gasteiger charge is 1.99. The van der Waals surface area contributed by atoms with E-state index in [-0.39, 0.29) is 11.4 Å². The van der Waals surface area contributed by atoms with E-state index >= 15 is 0 Å². The van der Waals surface area contributed by atoms with Crippen molar-refractivity contribution in [3.63, 3.8) is 0 Å². The van der Waals surface area contributed by atoms with Crippen molar-refractivity contribution in [2.75, 3.05) is 13.2 Å². The number of ether oxygens (including phenoxy) is 1. The molecule has 1 aromatic heterocycles. The Morgan fingerprint density at radius 1 is 1.60 bits per heavy atom. The van der Waals surface area contributed by atoms with Gasteiger partial charge in [-0.1, -0.05) is 13.8 Å². The third kappa shape index (κ3) is 4.60. The van der Waals surface area contributed by atoms with Gasteiger partial charge in [-0.25, -0.2) is 4.98 Å². The molecule has 15 heavy (non-hydrogen) atoms. The van der Waals surface area contributed by atoms with Crippen molar-refractivity contribution < 1.29 is 4.74 Å². The fraction of sp³-hybridized carbons (Fsp3) is 0.600. The molecule has 0 fully saturated rings. The molecule has 0 aliphatic heterocycles. The van der Waals surface area contributed by atoms with Gasteiger partial charge in [-0.05, 0) is 13.0 Å². The lowest BCUT2D eigenvalue weighted by atomic mass is 10.3. The molecule has 2 N–H and O–H groups in total. The largest absolute Gasteiger partial charge is 0.474 e. The normalized spacial score (nSPS) is 10.6. The van der Waals surface area contributed by atoms with Crippen LogP contribution in [-0.4, -0.2) is 29.2 Å². The highest BCUT2D eigenvalue weighted by molar-refractivity contribution is 5.01. The predicted octanol–water partition coefficient (Wildman–Crippen LogP) is 0.537. The fourth-order valence-electron chi connectivity index (χ4n) is 1.07. The second-order valence-corrected chi connectivity index (χ2v) is 3.53. The van der Waals surface area contributed by atoms with Gasteiger partial charge in [-0.15, -0.1) is 0 Å². The summed E-state index contributed by atoms with van der Waals surface area (Å²) in [4.78, 5) is 17.5. The molecular formula is C10H17N3O2. The number of hydrogen-bond acceptors (Lipinski definition) is 4. The van der Waals surface area contributed by atoms with E-state index in [4.69, 9.17) is 4.74 Å². The smallest absolute Gasteiger partial charge is 0.310 e. The van der Waals surface area contributed by atoms with Gasteiger partial charge in [0.25, 0.3) is 5.88 Å². The molecule has 0 saturated carbocycles. The van der Waals surface area contributed by atoms with Gasteiger partial charge in [-0.2, -0.15) is 0 Å². The zero-order valence-corrected chi connectivity index (χ0v) is 9.12. The molecular weight excluding hydrogens is 194 g/mol. The van der Waals surface area contributed by atoms with E-state index in [1.54, 1.807) is 0 Å². The quantitative estimate of drug-likeness (QED) is 0.674. The molecule has 0 radical (unpaired) electrons. The van der Waals surface area contributed by atoms with Gasteiger partial charge in [0.15, 0.2) is 0 Å². The molecule has 5 heteroatoms. The van der Waals surface area contributed by atoms with Crippen LogP contribution in [-0.2, 0) is 0 Å². The summed E-state index contributed by atoms with van der Waals surface area (Å²) in [5.41, 5.74) is -0.283. The number of aromatic nitrogens is 2. The van der Waals surface area contributed by atoms with E-state index in [0.29, 0.717) is 12.6 Å². The third-order valence-electron chi connectivity index (χ3n) is 1.79. The summed E-state index contributed by atoms with van der Waals surface area (Å²) in [7, 11) is 0. The van der Waals surface area contributed by atoms with Gasteiger partial charge in [0.1, 0.15) is 0 Å². The van der Waals surface area contributed by atoms with Crippen molar-refractivity contribution in [3.8, 4) is 5.88 Å². The molecule has 1 aromatic rings. The van der Waals surface area contributed by atoms with Crippen LogP contribution in [0.1, 0.15) is 20.3 Å². The van der Waals surface area contributed by atoms with Crippen molar-refractivity contribution >= 4 is 0 Å². The first-order valence-electron chi connectivity index (χ1n) is 5.10. The summed E-state index contributed by atoms with van der Waals surface area (Å²) in [5.74, 6) is 0.141. The molecule has 1 rings (SSSR count). The Kier molecular flexibility index (Phi) is 4.83. The van der Waals surface area contributed by atoms with E-state index in [1.807, 2.05) is 0 Å². The molecule has 5 nitrogen and oxygen atoms in total. The van der Waals surface area contributed by atoms with E-state index < -0.39 is 0 Å². The summed E-state index contributed by atoms with van der Waals surface area (Å²) < 4.78 is 5.22. The molecule has 0 spiro atoms. The number of nitrogens with zero attached hydrogens (tertiary/aromatic N) is 1. The monoisotopic (exact) mass is 211 g/mol. The van der Waals surface area contributed by atoms with E-state index in [1.165, 1.54) is 12.4 Å². The molecule has 0 amide bonds. The molecule has 0 unspecified atom stereocenters. The lowest BCUT2D eigenvalue weighted by Crippen LogP contribution is -2.25. The number of aromatic amines is 1. The zero-order valence-electron chi connectivity index (χ0n) is 9.12. The highest BCUT2D eigenvalue weighted by Crippen LogP contribution is 1.94. The van der Waals surface area contributed by atoms with E-state index in [0.717, 1.165) is 13.0 Å². The fourth-order valence-corrected chi connectivity index (χ4v) is 1.07. The number of nitrogens with one attached hydrogen (secondary N) is 2. The zero-order chi connectivity index (χ0) is 11.1. The Balaban J connectivity index is 2.21. The molecule has 0 bridgehead atoms. The maximum absolute atomic E-state index is 11.1. The summed E-state index contributed by atoms with van der Waals surface area (Å²) in [5, 5.41) is 3.26. The first-order chi connectivity index (χ1) is 7.20. The molecule has 0 atom stereocenters. The maximum Gasteiger partial charge on any atom is 0.310 e. The third-order valence-corrected chi connectivity index (χ3v) is 1.79. The number of hydrogen-bond donors (Lipinski definition) is 2. The van der Waals surface area contributed by atoms with Gasteiger partial charge >= 0.3 is 5.56 Å². The maximum atomic E-state index is 11.1. The first kappa shape index (κ1) is 11.7. The van der Waals surface area contributed by atoms with Crippen LogP contribution in [0.3, 0.4) is 0 Å². The molecule has 84 valence electrons. The Bertz CT molecular complexity index is 335.